The third kappa shape index (κ3) is 8.63. The van der Waals surface area contributed by atoms with Crippen molar-refractivity contribution in [2.45, 2.75) is 72.1 Å². The van der Waals surface area contributed by atoms with Gasteiger partial charge in [-0.1, -0.05) is 59.1 Å². The van der Waals surface area contributed by atoms with Crippen LogP contribution in [0.2, 0.25) is 0 Å². The average molecular weight is 411 g/mol. The number of anilines is 1. The maximum atomic E-state index is 12.2. The first-order chi connectivity index (χ1) is 13.2. The Balaban J connectivity index is 2.57. The number of carbonyl (C=O) groups excluding carboxylic acids is 1. The highest BCUT2D eigenvalue weighted by atomic mass is 32.2. The fourth-order valence-electron chi connectivity index (χ4n) is 3.18. The summed E-state index contributed by atoms with van der Waals surface area (Å²) in [6.07, 6.45) is 6.60. The van der Waals surface area contributed by atoms with Crippen molar-refractivity contribution in [2.75, 3.05) is 23.7 Å². The van der Waals surface area contributed by atoms with Gasteiger partial charge in [0.15, 0.2) is 0 Å². The van der Waals surface area contributed by atoms with E-state index in [0.29, 0.717) is 43.5 Å². The molecular weight excluding hydrogens is 372 g/mol. The maximum Gasteiger partial charge on any atom is 0.232 e. The summed E-state index contributed by atoms with van der Waals surface area (Å²) >= 11 is 0. The Morgan fingerprint density at radius 2 is 1.75 bits per heavy atom. The third-order valence-corrected chi connectivity index (χ3v) is 6.34. The highest BCUT2D eigenvalue weighted by Crippen LogP contribution is 2.22. The summed E-state index contributed by atoms with van der Waals surface area (Å²) in [6, 6.07) is 7.62. The molecule has 0 saturated heterocycles. The highest BCUT2D eigenvalue weighted by molar-refractivity contribution is 7.92. The molecule has 6 heteroatoms. The molecule has 0 spiro atoms. The molecule has 0 heterocycles. The Morgan fingerprint density at radius 1 is 1.11 bits per heavy atom. The predicted molar refractivity (Wildman–Crippen MR) is 118 cm³/mol. The lowest BCUT2D eigenvalue weighted by Gasteiger charge is -2.23. The second kappa shape index (κ2) is 12.1. The first-order valence-electron chi connectivity index (χ1n) is 10.5. The summed E-state index contributed by atoms with van der Waals surface area (Å²) in [5.41, 5.74) is 1.82. The van der Waals surface area contributed by atoms with Crippen molar-refractivity contribution < 1.29 is 13.2 Å². The van der Waals surface area contributed by atoms with Crippen LogP contribution < -0.4 is 9.62 Å². The van der Waals surface area contributed by atoms with Gasteiger partial charge in [0.05, 0.1) is 11.9 Å². The Morgan fingerprint density at radius 3 is 2.25 bits per heavy atom. The molecule has 1 rings (SSSR count). The number of carbonyl (C=O) groups is 1. The molecule has 1 amide bonds. The average Bonchev–Trinajstić information content (AvgIpc) is 2.64. The number of rotatable bonds is 13. The molecule has 1 N–H and O–H groups in total. The monoisotopic (exact) mass is 410 g/mol. The topological polar surface area (TPSA) is 66.5 Å². The van der Waals surface area contributed by atoms with E-state index in [1.807, 2.05) is 24.3 Å². The van der Waals surface area contributed by atoms with E-state index in [0.717, 1.165) is 12.8 Å². The Labute approximate surface area is 172 Å². The number of hydrogen-bond acceptors (Lipinski definition) is 3. The lowest BCUT2D eigenvalue weighted by Crippen LogP contribution is -2.33. The zero-order valence-corrected chi connectivity index (χ0v) is 19.0. The van der Waals surface area contributed by atoms with E-state index in [2.05, 4.69) is 33.0 Å². The zero-order chi connectivity index (χ0) is 21.2. The summed E-state index contributed by atoms with van der Waals surface area (Å²) < 4.78 is 25.8. The van der Waals surface area contributed by atoms with E-state index >= 15 is 0 Å². The van der Waals surface area contributed by atoms with Gasteiger partial charge in [-0.15, -0.1) is 0 Å². The normalized spacial score (nSPS) is 12.8. The Kier molecular flexibility index (Phi) is 10.6. The van der Waals surface area contributed by atoms with Crippen LogP contribution in [0.3, 0.4) is 0 Å². The van der Waals surface area contributed by atoms with Gasteiger partial charge in [0.1, 0.15) is 0 Å². The van der Waals surface area contributed by atoms with E-state index in [-0.39, 0.29) is 5.91 Å². The molecule has 0 aliphatic heterocycles. The van der Waals surface area contributed by atoms with Crippen molar-refractivity contribution in [3.63, 3.8) is 0 Å². The number of nitrogens with zero attached hydrogens (tertiary/aromatic N) is 1. The van der Waals surface area contributed by atoms with Gasteiger partial charge in [-0.2, -0.15) is 0 Å². The molecule has 0 radical (unpaired) electrons. The van der Waals surface area contributed by atoms with Gasteiger partial charge in [-0.3, -0.25) is 9.10 Å². The molecule has 0 aromatic heterocycles. The van der Waals surface area contributed by atoms with Crippen molar-refractivity contribution in [3.8, 4) is 0 Å². The fraction of sp³-hybridized carbons (Fsp3) is 0.682. The number of nitrogens with one attached hydrogen (secondary N) is 1. The molecule has 0 unspecified atom stereocenters. The molecule has 1 aromatic rings. The predicted octanol–water partition coefficient (Wildman–Crippen LogP) is 4.69. The van der Waals surface area contributed by atoms with Crippen LogP contribution in [0.1, 0.15) is 77.7 Å². The lowest BCUT2D eigenvalue weighted by atomic mass is 9.99. The molecule has 0 aliphatic carbocycles. The second-order valence-corrected chi connectivity index (χ2v) is 9.81. The summed E-state index contributed by atoms with van der Waals surface area (Å²) in [7, 11) is -3.39. The minimum atomic E-state index is -3.39. The fourth-order valence-corrected chi connectivity index (χ4v) is 4.15. The van der Waals surface area contributed by atoms with Gasteiger partial charge in [-0.25, -0.2) is 8.42 Å². The molecule has 1 aromatic carbocycles. The standard InChI is InChI=1S/C22H38N2O3S/c1-6-8-10-19(7-2)17-23-22(25)11-9-16-24(28(5,26)27)21-14-12-20(13-15-21)18(3)4/h12-15,18-19H,6-11,16-17H2,1-5H3,(H,23,25)/t19-/m1/s1. The Hall–Kier alpha value is -1.56. The second-order valence-electron chi connectivity index (χ2n) is 7.91. The molecule has 28 heavy (non-hydrogen) atoms. The molecule has 0 aliphatic rings. The van der Waals surface area contributed by atoms with Crippen LogP contribution in [0.5, 0.6) is 0 Å². The van der Waals surface area contributed by atoms with Crippen molar-refractivity contribution in [2.24, 2.45) is 5.92 Å². The third-order valence-electron chi connectivity index (χ3n) is 5.14. The van der Waals surface area contributed by atoms with Crippen LogP contribution in [0.15, 0.2) is 24.3 Å². The number of hydrogen-bond donors (Lipinski definition) is 1. The Bertz CT molecular complexity index is 684. The van der Waals surface area contributed by atoms with E-state index in [4.69, 9.17) is 0 Å². The maximum absolute atomic E-state index is 12.2. The first kappa shape index (κ1) is 24.5. The molecule has 5 nitrogen and oxygen atoms in total. The van der Waals surface area contributed by atoms with Crippen LogP contribution in [0.25, 0.3) is 0 Å². The number of amides is 1. The van der Waals surface area contributed by atoms with E-state index in [1.54, 1.807) is 0 Å². The van der Waals surface area contributed by atoms with Crippen LogP contribution in [0.4, 0.5) is 5.69 Å². The first-order valence-corrected chi connectivity index (χ1v) is 12.4. The molecule has 160 valence electrons. The van der Waals surface area contributed by atoms with Crippen LogP contribution in [-0.4, -0.2) is 33.7 Å². The summed E-state index contributed by atoms with van der Waals surface area (Å²) in [6.45, 7) is 9.55. The minimum Gasteiger partial charge on any atom is -0.356 e. The number of unbranched alkanes of at least 4 members (excludes halogenated alkanes) is 1. The highest BCUT2D eigenvalue weighted by Gasteiger charge is 2.18. The molecule has 0 saturated carbocycles. The summed E-state index contributed by atoms with van der Waals surface area (Å²) in [4.78, 5) is 12.1. The van der Waals surface area contributed by atoms with Crippen molar-refractivity contribution in [3.05, 3.63) is 29.8 Å². The van der Waals surface area contributed by atoms with Crippen LogP contribution in [-0.2, 0) is 14.8 Å². The number of benzene rings is 1. The van der Waals surface area contributed by atoms with Crippen LogP contribution in [0, 0.1) is 5.92 Å². The van der Waals surface area contributed by atoms with Crippen molar-refractivity contribution >= 4 is 21.6 Å². The van der Waals surface area contributed by atoms with Gasteiger partial charge >= 0.3 is 0 Å². The van der Waals surface area contributed by atoms with Crippen LogP contribution >= 0.6 is 0 Å². The van der Waals surface area contributed by atoms with Gasteiger partial charge in [-0.05, 0) is 42.4 Å². The molecular formula is C22H38N2O3S. The van der Waals surface area contributed by atoms with Gasteiger partial charge in [0.2, 0.25) is 15.9 Å². The van der Waals surface area contributed by atoms with Gasteiger partial charge < -0.3 is 5.32 Å². The van der Waals surface area contributed by atoms with E-state index < -0.39 is 10.0 Å². The summed E-state index contributed by atoms with van der Waals surface area (Å²) in [5, 5.41) is 3.01. The van der Waals surface area contributed by atoms with E-state index in [1.165, 1.54) is 29.0 Å². The van der Waals surface area contributed by atoms with Gasteiger partial charge in [0.25, 0.3) is 0 Å². The zero-order valence-electron chi connectivity index (χ0n) is 18.2. The quantitative estimate of drug-likeness (QED) is 0.513. The number of sulfonamides is 1. The molecule has 0 bridgehead atoms. The molecule has 1 atom stereocenters. The summed E-state index contributed by atoms with van der Waals surface area (Å²) in [5.74, 6) is 0.920. The smallest absolute Gasteiger partial charge is 0.232 e. The van der Waals surface area contributed by atoms with Crippen molar-refractivity contribution in [1.82, 2.24) is 5.32 Å². The lowest BCUT2D eigenvalue weighted by molar-refractivity contribution is -0.121. The van der Waals surface area contributed by atoms with Gasteiger partial charge in [0, 0.05) is 19.5 Å². The van der Waals surface area contributed by atoms with Crippen molar-refractivity contribution in [1.29, 1.82) is 0 Å². The SMILES string of the molecule is CCCC[C@@H](CC)CNC(=O)CCCN(c1ccc(C(C)C)cc1)S(C)(=O)=O. The van der Waals surface area contributed by atoms with E-state index in [9.17, 15) is 13.2 Å². The molecule has 0 fully saturated rings. The largest absolute Gasteiger partial charge is 0.356 e. The minimum absolute atomic E-state index is 0.00134.